The van der Waals surface area contributed by atoms with Crippen molar-refractivity contribution in [2.24, 2.45) is 0 Å². The topological polar surface area (TPSA) is 105 Å². The zero-order valence-electron chi connectivity index (χ0n) is 12.6. The maximum absolute atomic E-state index is 10.9. The second-order valence-electron chi connectivity index (χ2n) is 4.46. The van der Waals surface area contributed by atoms with Gasteiger partial charge >= 0.3 is 0 Å². The molecule has 0 atom stereocenters. The van der Waals surface area contributed by atoms with Gasteiger partial charge in [-0.3, -0.25) is 0 Å². The van der Waals surface area contributed by atoms with Crippen LogP contribution in [0.15, 0.2) is 6.07 Å². The maximum Gasteiger partial charge on any atom is 0.208 e. The van der Waals surface area contributed by atoms with E-state index in [0.29, 0.717) is 37.8 Å². The highest BCUT2D eigenvalue weighted by atomic mass is 32.2. The van der Waals surface area contributed by atoms with E-state index in [1.165, 1.54) is 0 Å². The standard InChI is InChI=1S/C12H23N5O3S/c1-4-13-10-8-11(17-12(16-10)9-20-2)14-6-5-7-15-21(3,18)19/h8,15H,4-7,9H2,1-3H3,(H2,13,14,16,17). The number of nitrogens with zero attached hydrogens (tertiary/aromatic N) is 2. The van der Waals surface area contributed by atoms with Crippen molar-refractivity contribution in [3.8, 4) is 0 Å². The minimum absolute atomic E-state index is 0.337. The molecule has 3 N–H and O–H groups in total. The number of methoxy groups -OCH3 is 1. The first-order chi connectivity index (χ1) is 9.94. The van der Waals surface area contributed by atoms with E-state index in [2.05, 4.69) is 25.3 Å². The van der Waals surface area contributed by atoms with Crippen LogP contribution in [0.25, 0.3) is 0 Å². The Bertz CT molecular complexity index is 511. The number of ether oxygens (including phenoxy) is 1. The van der Waals surface area contributed by atoms with Gasteiger partial charge in [0.1, 0.15) is 18.2 Å². The van der Waals surface area contributed by atoms with E-state index in [0.717, 1.165) is 18.6 Å². The van der Waals surface area contributed by atoms with Crippen LogP contribution in [0.5, 0.6) is 0 Å². The van der Waals surface area contributed by atoms with Crippen LogP contribution in [-0.4, -0.2) is 51.4 Å². The molecular weight excluding hydrogens is 294 g/mol. The normalized spacial score (nSPS) is 11.4. The fourth-order valence-corrected chi connectivity index (χ4v) is 2.13. The molecular formula is C12H23N5O3S. The van der Waals surface area contributed by atoms with Crippen molar-refractivity contribution >= 4 is 21.7 Å². The Morgan fingerprint density at radius 1 is 1.19 bits per heavy atom. The van der Waals surface area contributed by atoms with Crippen LogP contribution < -0.4 is 15.4 Å². The number of rotatable bonds is 10. The van der Waals surface area contributed by atoms with Gasteiger partial charge in [-0.1, -0.05) is 0 Å². The van der Waals surface area contributed by atoms with Gasteiger partial charge < -0.3 is 15.4 Å². The Balaban J connectivity index is 2.52. The summed E-state index contributed by atoms with van der Waals surface area (Å²) in [6, 6.07) is 1.81. The van der Waals surface area contributed by atoms with E-state index in [4.69, 9.17) is 4.74 Å². The summed E-state index contributed by atoms with van der Waals surface area (Å²) in [4.78, 5) is 8.64. The SMILES string of the molecule is CCNc1cc(NCCCNS(C)(=O)=O)nc(COC)n1. The second kappa shape index (κ2) is 8.75. The molecule has 1 rings (SSSR count). The molecule has 0 bridgehead atoms. The third-order valence-electron chi connectivity index (χ3n) is 2.43. The highest BCUT2D eigenvalue weighted by molar-refractivity contribution is 7.88. The van der Waals surface area contributed by atoms with E-state index in [-0.39, 0.29) is 0 Å². The van der Waals surface area contributed by atoms with Gasteiger partial charge in [-0.25, -0.2) is 23.1 Å². The van der Waals surface area contributed by atoms with E-state index in [1.54, 1.807) is 7.11 Å². The summed E-state index contributed by atoms with van der Waals surface area (Å²) in [6.45, 7) is 4.09. The van der Waals surface area contributed by atoms with Crippen molar-refractivity contribution in [2.75, 3.05) is 43.6 Å². The van der Waals surface area contributed by atoms with E-state index in [1.807, 2.05) is 13.0 Å². The molecule has 0 fully saturated rings. The summed E-state index contributed by atoms with van der Waals surface area (Å²) in [5.41, 5.74) is 0. The predicted octanol–water partition coefficient (Wildman–Crippen LogP) is 0.406. The highest BCUT2D eigenvalue weighted by Gasteiger charge is 2.04. The Labute approximate surface area is 125 Å². The Morgan fingerprint density at radius 3 is 2.43 bits per heavy atom. The first-order valence-corrected chi connectivity index (χ1v) is 8.63. The lowest BCUT2D eigenvalue weighted by Gasteiger charge is -2.10. The van der Waals surface area contributed by atoms with Gasteiger partial charge in [0, 0.05) is 32.8 Å². The van der Waals surface area contributed by atoms with Crippen LogP contribution in [-0.2, 0) is 21.4 Å². The third-order valence-corrected chi connectivity index (χ3v) is 3.16. The molecule has 9 heteroatoms. The second-order valence-corrected chi connectivity index (χ2v) is 6.30. The van der Waals surface area contributed by atoms with Crippen LogP contribution in [0, 0.1) is 0 Å². The van der Waals surface area contributed by atoms with Crippen molar-refractivity contribution in [1.82, 2.24) is 14.7 Å². The summed E-state index contributed by atoms with van der Waals surface area (Å²) in [6.07, 6.45) is 1.80. The summed E-state index contributed by atoms with van der Waals surface area (Å²) >= 11 is 0. The highest BCUT2D eigenvalue weighted by Crippen LogP contribution is 2.11. The molecule has 1 heterocycles. The Kier molecular flexibility index (Phi) is 7.34. The molecule has 1 aromatic heterocycles. The molecule has 0 radical (unpaired) electrons. The zero-order chi connectivity index (χ0) is 15.7. The Hall–Kier alpha value is -1.45. The molecule has 0 saturated carbocycles. The molecule has 0 aliphatic heterocycles. The number of sulfonamides is 1. The number of hydrogen-bond acceptors (Lipinski definition) is 7. The van der Waals surface area contributed by atoms with Crippen LogP contribution >= 0.6 is 0 Å². The summed E-state index contributed by atoms with van der Waals surface area (Å²) in [5.74, 6) is 2.01. The van der Waals surface area contributed by atoms with Gasteiger partial charge in [-0.15, -0.1) is 0 Å². The first-order valence-electron chi connectivity index (χ1n) is 6.74. The van der Waals surface area contributed by atoms with Gasteiger partial charge in [0.05, 0.1) is 6.26 Å². The van der Waals surface area contributed by atoms with Crippen LogP contribution in [0.4, 0.5) is 11.6 Å². The molecule has 0 aromatic carbocycles. The van der Waals surface area contributed by atoms with E-state index in [9.17, 15) is 8.42 Å². The molecule has 120 valence electrons. The summed E-state index contributed by atoms with van der Waals surface area (Å²) < 4.78 is 29.3. The van der Waals surface area contributed by atoms with Crippen molar-refractivity contribution in [3.05, 3.63) is 11.9 Å². The van der Waals surface area contributed by atoms with Crippen molar-refractivity contribution in [3.63, 3.8) is 0 Å². The molecule has 0 saturated heterocycles. The van der Waals surface area contributed by atoms with Crippen molar-refractivity contribution in [2.45, 2.75) is 20.0 Å². The molecule has 21 heavy (non-hydrogen) atoms. The molecule has 0 unspecified atom stereocenters. The van der Waals surface area contributed by atoms with Crippen LogP contribution in [0.3, 0.4) is 0 Å². The predicted molar refractivity (Wildman–Crippen MR) is 82.9 cm³/mol. The molecule has 0 aliphatic rings. The average molecular weight is 317 g/mol. The monoisotopic (exact) mass is 317 g/mol. The van der Waals surface area contributed by atoms with Crippen molar-refractivity contribution < 1.29 is 13.2 Å². The summed E-state index contributed by atoms with van der Waals surface area (Å²) in [5, 5.41) is 6.28. The minimum atomic E-state index is -3.13. The molecule has 0 spiro atoms. The lowest BCUT2D eigenvalue weighted by molar-refractivity contribution is 0.178. The quantitative estimate of drug-likeness (QED) is 0.537. The molecule has 0 amide bonds. The van der Waals surface area contributed by atoms with Crippen LogP contribution in [0.2, 0.25) is 0 Å². The van der Waals surface area contributed by atoms with E-state index >= 15 is 0 Å². The van der Waals surface area contributed by atoms with E-state index < -0.39 is 10.0 Å². The van der Waals surface area contributed by atoms with Gasteiger partial charge in [0.25, 0.3) is 0 Å². The largest absolute Gasteiger partial charge is 0.377 e. The van der Waals surface area contributed by atoms with Gasteiger partial charge in [0.15, 0.2) is 5.82 Å². The number of nitrogens with one attached hydrogen (secondary N) is 3. The lowest BCUT2D eigenvalue weighted by atomic mass is 10.4. The van der Waals surface area contributed by atoms with Crippen LogP contribution in [0.1, 0.15) is 19.2 Å². The Morgan fingerprint density at radius 2 is 1.86 bits per heavy atom. The number of aromatic nitrogens is 2. The smallest absolute Gasteiger partial charge is 0.208 e. The number of anilines is 2. The average Bonchev–Trinajstić information content (AvgIpc) is 2.37. The zero-order valence-corrected chi connectivity index (χ0v) is 13.5. The fourth-order valence-electron chi connectivity index (χ4n) is 1.62. The van der Waals surface area contributed by atoms with Gasteiger partial charge in [-0.2, -0.15) is 0 Å². The summed E-state index contributed by atoms with van der Waals surface area (Å²) in [7, 11) is -1.54. The minimum Gasteiger partial charge on any atom is -0.377 e. The molecule has 1 aromatic rings. The molecule has 8 nitrogen and oxygen atoms in total. The van der Waals surface area contributed by atoms with Gasteiger partial charge in [-0.05, 0) is 13.3 Å². The van der Waals surface area contributed by atoms with Crippen molar-refractivity contribution in [1.29, 1.82) is 0 Å². The number of hydrogen-bond donors (Lipinski definition) is 3. The lowest BCUT2D eigenvalue weighted by Crippen LogP contribution is -2.24. The maximum atomic E-state index is 10.9. The van der Waals surface area contributed by atoms with Gasteiger partial charge in [0.2, 0.25) is 10.0 Å². The first kappa shape index (κ1) is 17.6. The third kappa shape index (κ3) is 7.78. The fraction of sp³-hybridized carbons (Fsp3) is 0.667. The molecule has 0 aliphatic carbocycles.